The quantitative estimate of drug-likeness (QED) is 0.748. The standard InChI is InChI=1S/C23H25N3O2/c1-14-6-9-19-20(11-14)25-22(27)21(24-19)23(28)26-10-4-5-18(26)13-17-8-7-15(2)16(3)12-17/h6-9,11-12,18H,4-5,10,13H2,1-3H3,(H,25,27). The molecule has 1 unspecified atom stereocenters. The zero-order valence-corrected chi connectivity index (χ0v) is 16.6. The first kappa shape index (κ1) is 18.4. The molecule has 5 heteroatoms. The summed E-state index contributed by atoms with van der Waals surface area (Å²) in [7, 11) is 0. The van der Waals surface area contributed by atoms with Gasteiger partial charge in [0.1, 0.15) is 0 Å². The van der Waals surface area contributed by atoms with Crippen molar-refractivity contribution in [1.29, 1.82) is 0 Å². The summed E-state index contributed by atoms with van der Waals surface area (Å²) in [5.41, 5.74) is 6.07. The van der Waals surface area contributed by atoms with Gasteiger partial charge in [-0.2, -0.15) is 0 Å². The molecule has 0 saturated carbocycles. The van der Waals surface area contributed by atoms with Crippen LogP contribution < -0.4 is 0 Å². The Kier molecular flexibility index (Phi) is 4.75. The minimum absolute atomic E-state index is 0.0448. The van der Waals surface area contributed by atoms with Gasteiger partial charge in [0.25, 0.3) is 5.91 Å². The molecule has 2 aromatic carbocycles. The summed E-state index contributed by atoms with van der Waals surface area (Å²) in [6, 6.07) is 12.2. The van der Waals surface area contributed by atoms with Gasteiger partial charge in [-0.25, -0.2) is 9.97 Å². The average molecular weight is 375 g/mol. The molecule has 1 N–H and O–H groups in total. The molecule has 5 nitrogen and oxygen atoms in total. The number of hydrogen-bond donors (Lipinski definition) is 1. The van der Waals surface area contributed by atoms with E-state index in [0.717, 1.165) is 24.8 Å². The topological polar surface area (TPSA) is 66.3 Å². The van der Waals surface area contributed by atoms with E-state index in [1.807, 2.05) is 30.0 Å². The van der Waals surface area contributed by atoms with Crippen LogP contribution in [-0.2, 0) is 6.42 Å². The fourth-order valence-electron chi connectivity index (χ4n) is 3.95. The predicted octanol–water partition coefficient (Wildman–Crippen LogP) is 4.11. The third-order valence-corrected chi connectivity index (χ3v) is 5.68. The van der Waals surface area contributed by atoms with Crippen molar-refractivity contribution in [3.05, 3.63) is 64.3 Å². The van der Waals surface area contributed by atoms with E-state index in [1.54, 1.807) is 0 Å². The van der Waals surface area contributed by atoms with E-state index < -0.39 is 0 Å². The van der Waals surface area contributed by atoms with Crippen LogP contribution in [0.4, 0.5) is 0 Å². The first-order valence-electron chi connectivity index (χ1n) is 9.77. The number of amides is 1. The van der Waals surface area contributed by atoms with Crippen molar-refractivity contribution in [1.82, 2.24) is 14.9 Å². The summed E-state index contributed by atoms with van der Waals surface area (Å²) >= 11 is 0. The molecule has 1 aliphatic rings. The van der Waals surface area contributed by atoms with Crippen LogP contribution in [0.5, 0.6) is 5.88 Å². The molecule has 1 aromatic heterocycles. The lowest BCUT2D eigenvalue weighted by atomic mass is 9.99. The Labute approximate surface area is 165 Å². The summed E-state index contributed by atoms with van der Waals surface area (Å²) in [6.07, 6.45) is 2.73. The summed E-state index contributed by atoms with van der Waals surface area (Å²) in [5, 5.41) is 10.4. The number of likely N-dealkylation sites (tertiary alicyclic amines) is 1. The van der Waals surface area contributed by atoms with E-state index in [-0.39, 0.29) is 23.5 Å². The molecule has 0 bridgehead atoms. The maximum atomic E-state index is 13.2. The number of rotatable bonds is 3. The third-order valence-electron chi connectivity index (χ3n) is 5.68. The molecule has 1 amide bonds. The molecule has 1 fully saturated rings. The number of benzene rings is 2. The molecule has 144 valence electrons. The van der Waals surface area contributed by atoms with Gasteiger partial charge in [-0.3, -0.25) is 4.79 Å². The molecule has 1 aliphatic heterocycles. The number of aromatic hydroxyl groups is 1. The minimum Gasteiger partial charge on any atom is -0.492 e. The maximum Gasteiger partial charge on any atom is 0.278 e. The number of fused-ring (bicyclic) bond motifs is 1. The number of aromatic nitrogens is 2. The van der Waals surface area contributed by atoms with E-state index in [4.69, 9.17) is 0 Å². The van der Waals surface area contributed by atoms with Gasteiger partial charge < -0.3 is 10.0 Å². The highest BCUT2D eigenvalue weighted by atomic mass is 16.3. The van der Waals surface area contributed by atoms with E-state index >= 15 is 0 Å². The van der Waals surface area contributed by atoms with E-state index in [9.17, 15) is 9.90 Å². The Morgan fingerprint density at radius 3 is 2.68 bits per heavy atom. The summed E-state index contributed by atoms with van der Waals surface area (Å²) in [6.45, 7) is 6.86. The van der Waals surface area contributed by atoms with Crippen LogP contribution in [0.15, 0.2) is 36.4 Å². The Hall–Kier alpha value is -2.95. The van der Waals surface area contributed by atoms with Gasteiger partial charge in [0, 0.05) is 12.6 Å². The van der Waals surface area contributed by atoms with Gasteiger partial charge in [-0.05, 0) is 74.4 Å². The lowest BCUT2D eigenvalue weighted by Gasteiger charge is -2.25. The Bertz CT molecular complexity index is 1060. The highest BCUT2D eigenvalue weighted by Crippen LogP contribution is 2.27. The third kappa shape index (κ3) is 3.44. The van der Waals surface area contributed by atoms with Gasteiger partial charge in [0.2, 0.25) is 5.88 Å². The van der Waals surface area contributed by atoms with Crippen molar-refractivity contribution in [3.8, 4) is 5.88 Å². The fraction of sp³-hybridized carbons (Fsp3) is 0.348. The van der Waals surface area contributed by atoms with Crippen molar-refractivity contribution < 1.29 is 9.90 Å². The highest BCUT2D eigenvalue weighted by molar-refractivity contribution is 5.96. The van der Waals surface area contributed by atoms with Crippen LogP contribution in [0, 0.1) is 20.8 Å². The Morgan fingerprint density at radius 1 is 1.07 bits per heavy atom. The molecular weight excluding hydrogens is 350 g/mol. The molecule has 1 atom stereocenters. The number of carbonyl (C=O) groups excluding carboxylic acids is 1. The molecule has 28 heavy (non-hydrogen) atoms. The Balaban J connectivity index is 1.61. The summed E-state index contributed by atoms with van der Waals surface area (Å²) in [5.74, 6) is -0.529. The molecule has 2 heterocycles. The number of hydrogen-bond acceptors (Lipinski definition) is 4. The molecule has 0 aliphatic carbocycles. The van der Waals surface area contributed by atoms with Gasteiger partial charge in [-0.15, -0.1) is 0 Å². The zero-order chi connectivity index (χ0) is 19.8. The van der Waals surface area contributed by atoms with Gasteiger partial charge in [0.15, 0.2) is 5.69 Å². The molecular formula is C23H25N3O2. The predicted molar refractivity (Wildman–Crippen MR) is 110 cm³/mol. The van der Waals surface area contributed by atoms with E-state index in [2.05, 4.69) is 42.0 Å². The van der Waals surface area contributed by atoms with Crippen molar-refractivity contribution in [3.63, 3.8) is 0 Å². The second-order valence-corrected chi connectivity index (χ2v) is 7.81. The lowest BCUT2D eigenvalue weighted by Crippen LogP contribution is -2.37. The van der Waals surface area contributed by atoms with Crippen LogP contribution in [0.3, 0.4) is 0 Å². The van der Waals surface area contributed by atoms with Crippen LogP contribution in [0.1, 0.15) is 45.6 Å². The Morgan fingerprint density at radius 2 is 1.89 bits per heavy atom. The second-order valence-electron chi connectivity index (χ2n) is 7.81. The van der Waals surface area contributed by atoms with Crippen LogP contribution in [-0.4, -0.2) is 38.5 Å². The van der Waals surface area contributed by atoms with Crippen molar-refractivity contribution in [2.24, 2.45) is 0 Å². The first-order valence-corrected chi connectivity index (χ1v) is 9.77. The first-order chi connectivity index (χ1) is 13.4. The molecule has 3 aromatic rings. The normalized spacial score (nSPS) is 16.7. The van der Waals surface area contributed by atoms with Crippen molar-refractivity contribution in [2.45, 2.75) is 46.1 Å². The van der Waals surface area contributed by atoms with Gasteiger partial charge in [-0.1, -0.05) is 24.3 Å². The minimum atomic E-state index is -0.292. The molecule has 0 radical (unpaired) electrons. The summed E-state index contributed by atoms with van der Waals surface area (Å²) in [4.78, 5) is 23.6. The van der Waals surface area contributed by atoms with Crippen LogP contribution in [0.2, 0.25) is 0 Å². The molecule has 1 saturated heterocycles. The number of carbonyl (C=O) groups is 1. The van der Waals surface area contributed by atoms with Gasteiger partial charge >= 0.3 is 0 Å². The number of nitrogens with zero attached hydrogens (tertiary/aromatic N) is 3. The van der Waals surface area contributed by atoms with Crippen LogP contribution >= 0.6 is 0 Å². The van der Waals surface area contributed by atoms with E-state index in [0.29, 0.717) is 17.6 Å². The number of aryl methyl sites for hydroxylation is 3. The van der Waals surface area contributed by atoms with Crippen molar-refractivity contribution >= 4 is 16.9 Å². The maximum absolute atomic E-state index is 13.2. The van der Waals surface area contributed by atoms with Crippen molar-refractivity contribution in [2.75, 3.05) is 6.54 Å². The zero-order valence-electron chi connectivity index (χ0n) is 16.6. The summed E-state index contributed by atoms with van der Waals surface area (Å²) < 4.78 is 0. The van der Waals surface area contributed by atoms with Crippen LogP contribution in [0.25, 0.3) is 11.0 Å². The SMILES string of the molecule is Cc1ccc2nc(C(=O)N3CCCC3Cc3ccc(C)c(C)c3)c(O)nc2c1. The molecule has 0 spiro atoms. The fourth-order valence-corrected chi connectivity index (χ4v) is 3.95. The highest BCUT2D eigenvalue weighted by Gasteiger charge is 2.32. The second kappa shape index (κ2) is 7.23. The van der Waals surface area contributed by atoms with Gasteiger partial charge in [0.05, 0.1) is 11.0 Å². The molecule has 4 rings (SSSR count). The van der Waals surface area contributed by atoms with E-state index in [1.165, 1.54) is 16.7 Å². The largest absolute Gasteiger partial charge is 0.492 e. The average Bonchev–Trinajstić information content (AvgIpc) is 3.11. The lowest BCUT2D eigenvalue weighted by molar-refractivity contribution is 0.0726. The monoisotopic (exact) mass is 375 g/mol. The smallest absolute Gasteiger partial charge is 0.278 e.